The molecule has 3 aromatic rings. The summed E-state index contributed by atoms with van der Waals surface area (Å²) < 4.78 is 18.8. The predicted molar refractivity (Wildman–Crippen MR) is 115 cm³/mol. The van der Waals surface area contributed by atoms with Crippen LogP contribution in [0.1, 0.15) is 49.3 Å². The van der Waals surface area contributed by atoms with Crippen LogP contribution in [0.2, 0.25) is 0 Å². The molecule has 0 saturated heterocycles. The maximum atomic E-state index is 13.6. The molecule has 4 nitrogen and oxygen atoms in total. The third kappa shape index (κ3) is 4.62. The molecule has 0 radical (unpaired) electrons. The topological polar surface area (TPSA) is 58.6 Å². The number of ether oxygens (including phenoxy) is 1. The van der Waals surface area contributed by atoms with Crippen molar-refractivity contribution in [2.24, 2.45) is 0 Å². The quantitative estimate of drug-likeness (QED) is 0.548. The van der Waals surface area contributed by atoms with Crippen LogP contribution in [0.5, 0.6) is 5.75 Å². The number of aliphatic carboxylic acids is 1. The molecule has 5 heteroatoms. The molecule has 3 aromatic carbocycles. The van der Waals surface area contributed by atoms with Crippen LogP contribution < -0.4 is 10.1 Å². The highest BCUT2D eigenvalue weighted by atomic mass is 19.1. The molecule has 0 unspecified atom stereocenters. The molecule has 0 bridgehead atoms. The molecule has 0 amide bonds. The number of benzene rings is 3. The van der Waals surface area contributed by atoms with Gasteiger partial charge in [0, 0.05) is 12.1 Å². The van der Waals surface area contributed by atoms with Crippen molar-refractivity contribution in [2.45, 2.75) is 44.2 Å². The lowest BCUT2D eigenvalue weighted by Crippen LogP contribution is -2.29. The fourth-order valence-corrected chi connectivity index (χ4v) is 4.52. The Hall–Kier alpha value is -2.92. The summed E-state index contributed by atoms with van der Waals surface area (Å²) >= 11 is 0. The zero-order valence-electron chi connectivity index (χ0n) is 17.0. The van der Waals surface area contributed by atoms with Crippen LogP contribution in [-0.4, -0.2) is 23.7 Å². The summed E-state index contributed by atoms with van der Waals surface area (Å²) in [5.74, 6) is -0.132. The highest BCUT2D eigenvalue weighted by Gasteiger charge is 2.27. The van der Waals surface area contributed by atoms with E-state index in [1.807, 2.05) is 42.5 Å². The third-order valence-corrected chi connectivity index (χ3v) is 5.97. The Labute approximate surface area is 175 Å². The molecular formula is C25H26FNO3. The standard InChI is InChI=1S/C25H26FNO3/c1-16(23-4-2-3-19-13-20(26)8-12-24(19)23)27-21-9-5-18(14-21)17-6-10-22(11-7-17)30-15-25(28)29/h2-4,6-8,10-13,16,18,21,27H,5,9,14-15H2,1H3,(H,28,29)/t16-,18-,21+/m1/s1. The minimum absolute atomic E-state index is 0.176. The van der Waals surface area contributed by atoms with E-state index in [2.05, 4.69) is 18.3 Å². The summed E-state index contributed by atoms with van der Waals surface area (Å²) in [5, 5.41) is 14.5. The summed E-state index contributed by atoms with van der Waals surface area (Å²) in [7, 11) is 0. The molecule has 2 N–H and O–H groups in total. The average molecular weight is 407 g/mol. The number of nitrogens with one attached hydrogen (secondary N) is 1. The first kappa shape index (κ1) is 20.4. The number of carboxylic acids is 1. The summed E-state index contributed by atoms with van der Waals surface area (Å²) in [6.45, 7) is 1.84. The first-order valence-corrected chi connectivity index (χ1v) is 10.4. The van der Waals surface area contributed by atoms with E-state index in [9.17, 15) is 9.18 Å². The number of hydrogen-bond donors (Lipinski definition) is 2. The molecule has 0 heterocycles. The van der Waals surface area contributed by atoms with E-state index in [1.54, 1.807) is 6.07 Å². The van der Waals surface area contributed by atoms with Gasteiger partial charge in [0.1, 0.15) is 11.6 Å². The lowest BCUT2D eigenvalue weighted by molar-refractivity contribution is -0.139. The summed E-state index contributed by atoms with van der Waals surface area (Å²) in [5.41, 5.74) is 2.45. The Morgan fingerprint density at radius 3 is 2.73 bits per heavy atom. The number of hydrogen-bond acceptors (Lipinski definition) is 3. The molecular weight excluding hydrogens is 381 g/mol. The summed E-state index contributed by atoms with van der Waals surface area (Å²) in [4.78, 5) is 10.6. The van der Waals surface area contributed by atoms with Crippen LogP contribution in [0.15, 0.2) is 60.7 Å². The number of fused-ring (bicyclic) bond motifs is 1. The lowest BCUT2D eigenvalue weighted by Gasteiger charge is -2.21. The molecule has 4 rings (SSSR count). The van der Waals surface area contributed by atoms with Crippen molar-refractivity contribution in [3.05, 3.63) is 77.6 Å². The van der Waals surface area contributed by atoms with Gasteiger partial charge in [-0.2, -0.15) is 0 Å². The van der Waals surface area contributed by atoms with Crippen LogP contribution >= 0.6 is 0 Å². The SMILES string of the molecule is C[C@@H](N[C@H]1CC[C@@H](c2ccc(OCC(=O)O)cc2)C1)c1cccc2cc(F)ccc12. The fraction of sp³-hybridized carbons (Fsp3) is 0.320. The van der Waals surface area contributed by atoms with Gasteiger partial charge in [-0.25, -0.2) is 9.18 Å². The van der Waals surface area contributed by atoms with E-state index in [0.717, 1.165) is 30.0 Å². The molecule has 1 saturated carbocycles. The van der Waals surface area contributed by atoms with Crippen molar-refractivity contribution >= 4 is 16.7 Å². The van der Waals surface area contributed by atoms with Gasteiger partial charge in [0.15, 0.2) is 6.61 Å². The molecule has 0 aromatic heterocycles. The van der Waals surface area contributed by atoms with Gasteiger partial charge >= 0.3 is 5.97 Å². The number of rotatable bonds is 7. The van der Waals surface area contributed by atoms with Crippen molar-refractivity contribution in [3.8, 4) is 5.75 Å². The summed E-state index contributed by atoms with van der Waals surface area (Å²) in [6, 6.07) is 19.4. The van der Waals surface area contributed by atoms with Gasteiger partial charge in [0.25, 0.3) is 0 Å². The van der Waals surface area contributed by atoms with Crippen molar-refractivity contribution in [1.29, 1.82) is 0 Å². The molecule has 1 aliphatic carbocycles. The first-order chi connectivity index (χ1) is 14.5. The summed E-state index contributed by atoms with van der Waals surface area (Å²) in [6.07, 6.45) is 3.27. The Morgan fingerprint density at radius 2 is 1.97 bits per heavy atom. The van der Waals surface area contributed by atoms with Crippen LogP contribution in [0.25, 0.3) is 10.8 Å². The van der Waals surface area contributed by atoms with Crippen molar-refractivity contribution in [3.63, 3.8) is 0 Å². The van der Waals surface area contributed by atoms with E-state index in [1.165, 1.54) is 17.2 Å². The minimum Gasteiger partial charge on any atom is -0.482 e. The van der Waals surface area contributed by atoms with E-state index < -0.39 is 5.97 Å². The van der Waals surface area contributed by atoms with Gasteiger partial charge < -0.3 is 15.2 Å². The van der Waals surface area contributed by atoms with Gasteiger partial charge in [0.2, 0.25) is 0 Å². The Bertz CT molecular complexity index is 1030. The molecule has 1 aliphatic rings. The maximum absolute atomic E-state index is 13.6. The second-order valence-electron chi connectivity index (χ2n) is 8.06. The van der Waals surface area contributed by atoms with Crippen LogP contribution in [-0.2, 0) is 4.79 Å². The van der Waals surface area contributed by atoms with Crippen LogP contribution in [0, 0.1) is 5.82 Å². The molecule has 0 spiro atoms. The van der Waals surface area contributed by atoms with Gasteiger partial charge in [0.05, 0.1) is 0 Å². The Morgan fingerprint density at radius 1 is 1.17 bits per heavy atom. The molecule has 156 valence electrons. The van der Waals surface area contributed by atoms with Crippen LogP contribution in [0.4, 0.5) is 4.39 Å². The largest absolute Gasteiger partial charge is 0.482 e. The lowest BCUT2D eigenvalue weighted by atomic mass is 9.96. The smallest absolute Gasteiger partial charge is 0.341 e. The highest BCUT2D eigenvalue weighted by molar-refractivity contribution is 5.86. The molecule has 1 fully saturated rings. The van der Waals surface area contributed by atoms with Gasteiger partial charge in [-0.05, 0) is 78.3 Å². The fourth-order valence-electron chi connectivity index (χ4n) is 4.52. The zero-order valence-corrected chi connectivity index (χ0v) is 17.0. The van der Waals surface area contributed by atoms with Crippen molar-refractivity contribution in [1.82, 2.24) is 5.32 Å². The molecule has 30 heavy (non-hydrogen) atoms. The van der Waals surface area contributed by atoms with Crippen LogP contribution in [0.3, 0.4) is 0 Å². The zero-order chi connectivity index (χ0) is 21.1. The van der Waals surface area contributed by atoms with Gasteiger partial charge in [-0.3, -0.25) is 0 Å². The first-order valence-electron chi connectivity index (χ1n) is 10.4. The Balaban J connectivity index is 1.39. The predicted octanol–water partition coefficient (Wildman–Crippen LogP) is 5.43. The number of carbonyl (C=O) groups is 1. The minimum atomic E-state index is -0.978. The second kappa shape index (κ2) is 8.84. The second-order valence-corrected chi connectivity index (χ2v) is 8.06. The third-order valence-electron chi connectivity index (χ3n) is 5.97. The van der Waals surface area contributed by atoms with Crippen molar-refractivity contribution < 1.29 is 19.0 Å². The van der Waals surface area contributed by atoms with E-state index in [0.29, 0.717) is 17.7 Å². The van der Waals surface area contributed by atoms with Crippen molar-refractivity contribution in [2.75, 3.05) is 6.61 Å². The van der Waals surface area contributed by atoms with E-state index >= 15 is 0 Å². The van der Waals surface area contributed by atoms with Gasteiger partial charge in [-0.15, -0.1) is 0 Å². The number of halogens is 1. The monoisotopic (exact) mass is 407 g/mol. The normalized spacial score (nSPS) is 19.7. The van der Waals surface area contributed by atoms with Gasteiger partial charge in [-0.1, -0.05) is 36.4 Å². The van der Waals surface area contributed by atoms with E-state index in [-0.39, 0.29) is 18.5 Å². The molecule has 0 aliphatic heterocycles. The Kier molecular flexibility index (Phi) is 6.00. The number of carboxylic acid groups (broad SMARTS) is 1. The molecule has 3 atom stereocenters. The van der Waals surface area contributed by atoms with E-state index in [4.69, 9.17) is 9.84 Å². The highest BCUT2D eigenvalue weighted by Crippen LogP contribution is 2.36. The maximum Gasteiger partial charge on any atom is 0.341 e. The average Bonchev–Trinajstić information content (AvgIpc) is 3.20.